The van der Waals surface area contributed by atoms with Gasteiger partial charge in [-0.2, -0.15) is 17.2 Å². The minimum Gasteiger partial charge on any atom is -0.456 e. The van der Waals surface area contributed by atoms with E-state index in [0.29, 0.717) is 14.7 Å². The Morgan fingerprint density at radius 3 is 1.76 bits per heavy atom. The zero-order valence-electron chi connectivity index (χ0n) is 22.8. The van der Waals surface area contributed by atoms with Crippen LogP contribution in [0.25, 0.3) is 0 Å². The van der Waals surface area contributed by atoms with Gasteiger partial charge in [0.1, 0.15) is 12.7 Å². The molecule has 0 spiro atoms. The molecule has 13 heteroatoms. The highest BCUT2D eigenvalue weighted by molar-refractivity contribution is 8.33. The lowest BCUT2D eigenvalue weighted by Crippen LogP contribution is -2.44. The van der Waals surface area contributed by atoms with Crippen LogP contribution >= 0.6 is 10.3 Å². The number of hydrogen-bond donors (Lipinski definition) is 0. The largest absolute Gasteiger partial charge is 0.466 e. The van der Waals surface area contributed by atoms with Crippen molar-refractivity contribution < 1.29 is 49.4 Å². The molecule has 2 aliphatic heterocycles. The summed E-state index contributed by atoms with van der Waals surface area (Å²) in [6.45, 7) is 3.60. The van der Waals surface area contributed by atoms with Crippen molar-refractivity contribution in [2.45, 2.75) is 64.3 Å². The Hall–Kier alpha value is -3.36. The first kappa shape index (κ1) is 30.1. The molecule has 0 radical (unpaired) electrons. The van der Waals surface area contributed by atoms with Gasteiger partial charge in [0.25, 0.3) is 0 Å². The average molecular weight is 623 g/mol. The third kappa shape index (κ3) is 5.09. The number of fused-ring (bicyclic) bond motifs is 1. The number of carbonyl (C=O) groups excluding carboxylic acids is 2. The molecule has 42 heavy (non-hydrogen) atoms. The second-order valence-electron chi connectivity index (χ2n) is 10.2. The van der Waals surface area contributed by atoms with Crippen LogP contribution in [0.3, 0.4) is 0 Å². The predicted molar refractivity (Wildman–Crippen MR) is 146 cm³/mol. The van der Waals surface area contributed by atoms with Gasteiger partial charge in [-0.25, -0.2) is 13.2 Å². The number of hydrogen-bond acceptors (Lipinski definition) is 9. The second kappa shape index (κ2) is 10.7. The van der Waals surface area contributed by atoms with Crippen molar-refractivity contribution in [2.24, 2.45) is 0 Å². The highest BCUT2D eigenvalue weighted by Gasteiger charge is 2.65. The topological polar surface area (TPSA) is 114 Å². The minimum absolute atomic E-state index is 0.299. The van der Waals surface area contributed by atoms with Crippen LogP contribution in [0.2, 0.25) is 0 Å². The molecule has 0 bridgehead atoms. The maximum absolute atomic E-state index is 15.6. The molecule has 0 N–H and O–H groups in total. The quantitative estimate of drug-likeness (QED) is 0.297. The number of benzene rings is 3. The first-order valence-electron chi connectivity index (χ1n) is 12.8. The molecule has 3 aromatic carbocycles. The number of rotatable bonds is 9. The lowest BCUT2D eigenvalue weighted by Gasteiger charge is -2.39. The molecule has 3 aromatic rings. The molecular formula is C29H28F2O9S2. The van der Waals surface area contributed by atoms with Crippen molar-refractivity contribution in [2.75, 3.05) is 6.61 Å². The molecule has 0 aliphatic carbocycles. The second-order valence-corrected chi connectivity index (χ2v) is 14.7. The summed E-state index contributed by atoms with van der Waals surface area (Å²) in [6, 6.07) is 24.2. The Balaban J connectivity index is 1.47. The maximum Gasteiger partial charge on any atom is 0.466 e. The van der Waals surface area contributed by atoms with Crippen LogP contribution in [0.1, 0.15) is 20.8 Å². The zero-order valence-corrected chi connectivity index (χ0v) is 24.4. The van der Waals surface area contributed by atoms with E-state index < -0.39 is 67.8 Å². The minimum atomic E-state index is -6.00. The Bertz CT molecular complexity index is 1470. The molecule has 9 nitrogen and oxygen atoms in total. The van der Waals surface area contributed by atoms with E-state index in [9.17, 15) is 18.0 Å². The van der Waals surface area contributed by atoms with Gasteiger partial charge in [-0.1, -0.05) is 54.6 Å². The Morgan fingerprint density at radius 1 is 0.857 bits per heavy atom. The third-order valence-electron chi connectivity index (χ3n) is 6.76. The average Bonchev–Trinajstić information content (AvgIpc) is 3.36. The SMILES string of the molecule is CC1(C)OC2C(COC(=O)C(F)(F)S(=O)(=O)OS(c3ccccc3)(c3ccccc3)c3ccccc3)OC(=O)C2(C)O1. The first-order valence-corrected chi connectivity index (χ1v) is 15.8. The van der Waals surface area contributed by atoms with Crippen molar-refractivity contribution in [3.8, 4) is 0 Å². The van der Waals surface area contributed by atoms with E-state index in [2.05, 4.69) is 0 Å². The molecule has 2 fully saturated rings. The van der Waals surface area contributed by atoms with Crippen molar-refractivity contribution >= 4 is 32.4 Å². The van der Waals surface area contributed by atoms with Gasteiger partial charge in [0.2, 0.25) is 0 Å². The van der Waals surface area contributed by atoms with E-state index >= 15 is 8.78 Å². The van der Waals surface area contributed by atoms with E-state index in [0.717, 1.165) is 0 Å². The van der Waals surface area contributed by atoms with Crippen molar-refractivity contribution in [1.82, 2.24) is 0 Å². The summed E-state index contributed by atoms with van der Waals surface area (Å²) in [6.07, 6.45) is -2.39. The van der Waals surface area contributed by atoms with E-state index in [1.807, 2.05) is 0 Å². The van der Waals surface area contributed by atoms with Gasteiger partial charge in [-0.3, -0.25) is 0 Å². The fourth-order valence-corrected chi connectivity index (χ4v) is 9.98. The van der Waals surface area contributed by atoms with Crippen molar-refractivity contribution in [1.29, 1.82) is 0 Å². The van der Waals surface area contributed by atoms with Crippen LogP contribution in [0.5, 0.6) is 0 Å². The summed E-state index contributed by atoms with van der Waals surface area (Å²) in [5.74, 6) is -4.42. The van der Waals surface area contributed by atoms with Gasteiger partial charge in [0, 0.05) is 14.7 Å². The number of halogens is 2. The number of alkyl halides is 2. The normalized spacial score (nSPS) is 24.1. The number of cyclic esters (lactones) is 1. The molecule has 0 aromatic heterocycles. The van der Waals surface area contributed by atoms with Gasteiger partial charge in [-0.15, -0.1) is 0 Å². The molecule has 2 aliphatic rings. The standard InChI is InChI=1S/C29H28F2O9S2/c1-27(2)38-24-23(37-25(32)28(24,3)39-27)19-36-26(33)29(30,31)42(34,35)40-41(20-13-7-4-8-14-20,21-15-9-5-10-16-21)22-17-11-6-12-18-22/h4-18,23-24H,19H2,1-3H3. The monoisotopic (exact) mass is 622 g/mol. The fraction of sp³-hybridized carbons (Fsp3) is 0.310. The number of carbonyl (C=O) groups is 2. The number of esters is 2. The molecule has 3 unspecified atom stereocenters. The smallest absolute Gasteiger partial charge is 0.456 e. The number of ether oxygens (including phenoxy) is 4. The van der Waals surface area contributed by atoms with E-state index in [1.54, 1.807) is 105 Å². The summed E-state index contributed by atoms with van der Waals surface area (Å²) in [5.41, 5.74) is -1.55. The molecule has 5 rings (SSSR count). The van der Waals surface area contributed by atoms with Crippen LogP contribution in [-0.2, 0) is 42.3 Å². The summed E-state index contributed by atoms with van der Waals surface area (Å²) < 4.78 is 84.6. The molecule has 2 heterocycles. The molecule has 2 saturated heterocycles. The van der Waals surface area contributed by atoms with Crippen LogP contribution in [0.4, 0.5) is 8.78 Å². The summed E-state index contributed by atoms with van der Waals surface area (Å²) in [7, 11) is -9.36. The molecule has 0 amide bonds. The van der Waals surface area contributed by atoms with Crippen molar-refractivity contribution in [3.63, 3.8) is 0 Å². The Morgan fingerprint density at radius 2 is 1.31 bits per heavy atom. The highest BCUT2D eigenvalue weighted by Crippen LogP contribution is 2.70. The van der Waals surface area contributed by atoms with E-state index in [1.165, 1.54) is 6.92 Å². The van der Waals surface area contributed by atoms with Crippen LogP contribution < -0.4 is 0 Å². The lowest BCUT2D eigenvalue weighted by molar-refractivity contribution is -0.200. The lowest BCUT2D eigenvalue weighted by atomic mass is 9.99. The van der Waals surface area contributed by atoms with Crippen molar-refractivity contribution in [3.05, 3.63) is 91.0 Å². The van der Waals surface area contributed by atoms with Crippen LogP contribution in [-0.4, -0.2) is 55.8 Å². The van der Waals surface area contributed by atoms with Gasteiger partial charge in [0.05, 0.1) is 0 Å². The van der Waals surface area contributed by atoms with E-state index in [-0.39, 0.29) is 0 Å². The van der Waals surface area contributed by atoms with Crippen LogP contribution in [0, 0.1) is 0 Å². The van der Waals surface area contributed by atoms with Crippen LogP contribution in [0.15, 0.2) is 106 Å². The van der Waals surface area contributed by atoms with Gasteiger partial charge in [0.15, 0.2) is 17.5 Å². The van der Waals surface area contributed by atoms with E-state index in [4.69, 9.17) is 22.6 Å². The third-order valence-corrected chi connectivity index (χ3v) is 11.9. The highest BCUT2D eigenvalue weighted by atomic mass is 32.3. The van der Waals surface area contributed by atoms with Gasteiger partial charge < -0.3 is 18.9 Å². The summed E-state index contributed by atoms with van der Waals surface area (Å²) in [4.78, 5) is 26.0. The Labute approximate surface area is 243 Å². The van der Waals surface area contributed by atoms with Gasteiger partial charge >= 0.3 is 27.3 Å². The molecule has 224 valence electrons. The van der Waals surface area contributed by atoms with Gasteiger partial charge in [-0.05, 0) is 67.5 Å². The molecule has 0 saturated carbocycles. The molecule has 3 atom stereocenters. The fourth-order valence-electron chi connectivity index (χ4n) is 4.92. The zero-order chi connectivity index (χ0) is 30.4. The maximum atomic E-state index is 15.6. The summed E-state index contributed by atoms with van der Waals surface area (Å²) in [5, 5.41) is -5.14. The molecular weight excluding hydrogens is 594 g/mol. The summed E-state index contributed by atoms with van der Waals surface area (Å²) >= 11 is 0. The predicted octanol–water partition coefficient (Wildman–Crippen LogP) is 5.20. The Kier molecular flexibility index (Phi) is 7.69. The first-order chi connectivity index (χ1) is 19.7.